The lowest BCUT2D eigenvalue weighted by Gasteiger charge is -2.34. The van der Waals surface area contributed by atoms with E-state index in [1.54, 1.807) is 18.9 Å². The number of rotatable bonds is 4. The Morgan fingerprint density at radius 3 is 2.90 bits per heavy atom. The van der Waals surface area contributed by atoms with Crippen molar-refractivity contribution in [3.05, 3.63) is 33.4 Å². The molecule has 1 atom stereocenters. The van der Waals surface area contributed by atoms with Crippen LogP contribution in [0.3, 0.4) is 0 Å². The Balaban J connectivity index is 1.66. The van der Waals surface area contributed by atoms with Crippen LogP contribution in [0.5, 0.6) is 0 Å². The minimum atomic E-state index is -0.175. The summed E-state index contributed by atoms with van der Waals surface area (Å²) in [5.74, 6) is 0.0200. The van der Waals surface area contributed by atoms with Crippen LogP contribution in [-0.2, 0) is 27.3 Å². The number of ether oxygens (including phenoxy) is 1. The van der Waals surface area contributed by atoms with E-state index in [1.165, 1.54) is 4.52 Å². The summed E-state index contributed by atoms with van der Waals surface area (Å²) in [7, 11) is 1.56. The number of hydrogen-bond donors (Lipinski definition) is 1. The first-order valence-corrected chi connectivity index (χ1v) is 10.2. The second-order valence-corrected chi connectivity index (χ2v) is 7.78. The van der Waals surface area contributed by atoms with Crippen molar-refractivity contribution in [1.29, 1.82) is 0 Å². The lowest BCUT2D eigenvalue weighted by molar-refractivity contribution is -0.133. The van der Waals surface area contributed by atoms with Crippen molar-refractivity contribution in [2.24, 2.45) is 0 Å². The molecule has 2 aliphatic heterocycles. The van der Waals surface area contributed by atoms with Crippen LogP contribution in [0.1, 0.15) is 55.6 Å². The Morgan fingerprint density at radius 1 is 1.31 bits per heavy atom. The fourth-order valence-electron chi connectivity index (χ4n) is 4.36. The molecule has 2 aromatic heterocycles. The number of nitrogens with one attached hydrogen (secondary N) is 1. The molecule has 0 saturated carbocycles. The van der Waals surface area contributed by atoms with E-state index >= 15 is 0 Å². The fourth-order valence-corrected chi connectivity index (χ4v) is 4.36. The number of carbonyl (C=O) groups is 2. The van der Waals surface area contributed by atoms with Gasteiger partial charge in [0.25, 0.3) is 5.56 Å². The number of H-pyrrole nitrogens is 1. The Labute approximate surface area is 168 Å². The highest BCUT2D eigenvalue weighted by molar-refractivity contribution is 5.76. The van der Waals surface area contributed by atoms with Gasteiger partial charge in [-0.3, -0.25) is 19.5 Å². The molecule has 4 rings (SSSR count). The van der Waals surface area contributed by atoms with Gasteiger partial charge in [0.15, 0.2) is 5.65 Å². The number of piperidine rings is 1. The number of hydrogen-bond acceptors (Lipinski definition) is 5. The van der Waals surface area contributed by atoms with Gasteiger partial charge in [-0.05, 0) is 19.3 Å². The molecular formula is C20H27N5O4. The smallest absolute Gasteiger partial charge is 0.277 e. The van der Waals surface area contributed by atoms with E-state index in [0.29, 0.717) is 37.2 Å². The van der Waals surface area contributed by atoms with Crippen LogP contribution in [0, 0.1) is 0 Å². The van der Waals surface area contributed by atoms with Crippen LogP contribution < -0.4 is 5.56 Å². The highest BCUT2D eigenvalue weighted by Gasteiger charge is 2.29. The van der Waals surface area contributed by atoms with Crippen molar-refractivity contribution in [3.8, 4) is 0 Å². The number of fused-ring (bicyclic) bond motifs is 2. The molecule has 0 spiro atoms. The van der Waals surface area contributed by atoms with E-state index in [-0.39, 0.29) is 30.0 Å². The number of methoxy groups -OCH3 is 1. The molecule has 156 valence electrons. The molecule has 0 bridgehead atoms. The number of likely N-dealkylation sites (tertiary alicyclic amines) is 1. The quantitative estimate of drug-likeness (QED) is 0.824. The summed E-state index contributed by atoms with van der Waals surface area (Å²) < 4.78 is 6.43. The normalized spacial score (nSPS) is 19.4. The summed E-state index contributed by atoms with van der Waals surface area (Å²) >= 11 is 0. The van der Waals surface area contributed by atoms with Gasteiger partial charge < -0.3 is 14.5 Å². The van der Waals surface area contributed by atoms with Crippen molar-refractivity contribution in [2.45, 2.75) is 51.6 Å². The number of nitrogens with zero attached hydrogens (tertiary/aromatic N) is 4. The van der Waals surface area contributed by atoms with Crippen molar-refractivity contribution >= 4 is 17.5 Å². The largest absolute Gasteiger partial charge is 0.384 e. The van der Waals surface area contributed by atoms with Gasteiger partial charge in [-0.25, -0.2) is 9.50 Å². The predicted molar refractivity (Wildman–Crippen MR) is 105 cm³/mol. The van der Waals surface area contributed by atoms with Crippen molar-refractivity contribution in [2.75, 3.05) is 26.8 Å². The SMILES string of the molecule is COCCC(=O)N1CCc2nc3cc([C@H]4CCCCN4C(C)=O)[nH]n3c(=O)c2C1. The third-order valence-electron chi connectivity index (χ3n) is 5.92. The maximum Gasteiger partial charge on any atom is 0.277 e. The van der Waals surface area contributed by atoms with Crippen LogP contribution >= 0.6 is 0 Å². The topological polar surface area (TPSA) is 100 Å². The maximum atomic E-state index is 13.1. The van der Waals surface area contributed by atoms with Crippen LogP contribution in [0.2, 0.25) is 0 Å². The maximum absolute atomic E-state index is 13.1. The Bertz CT molecular complexity index is 995. The van der Waals surface area contributed by atoms with Gasteiger partial charge in [0.1, 0.15) is 0 Å². The molecule has 0 radical (unpaired) electrons. The minimum absolute atomic E-state index is 0.0199. The molecule has 9 nitrogen and oxygen atoms in total. The molecule has 4 heterocycles. The summed E-state index contributed by atoms with van der Waals surface area (Å²) in [6.45, 7) is 3.50. The molecule has 1 N–H and O–H groups in total. The van der Waals surface area contributed by atoms with Gasteiger partial charge >= 0.3 is 0 Å². The van der Waals surface area contributed by atoms with Crippen LogP contribution in [0.25, 0.3) is 5.65 Å². The van der Waals surface area contributed by atoms with E-state index in [2.05, 4.69) is 10.1 Å². The second-order valence-electron chi connectivity index (χ2n) is 7.78. The molecular weight excluding hydrogens is 374 g/mol. The van der Waals surface area contributed by atoms with Crippen LogP contribution in [-0.4, -0.2) is 63.0 Å². The number of aromatic amines is 1. The first-order valence-electron chi connectivity index (χ1n) is 10.2. The highest BCUT2D eigenvalue weighted by atomic mass is 16.5. The molecule has 9 heteroatoms. The summed E-state index contributed by atoms with van der Waals surface area (Å²) in [6.07, 6.45) is 3.76. The predicted octanol–water partition coefficient (Wildman–Crippen LogP) is 1.02. The van der Waals surface area contributed by atoms with E-state index < -0.39 is 0 Å². The summed E-state index contributed by atoms with van der Waals surface area (Å²) in [6, 6.07) is 1.82. The zero-order valence-electron chi connectivity index (χ0n) is 16.9. The third-order valence-corrected chi connectivity index (χ3v) is 5.92. The Hall–Kier alpha value is -2.68. The Morgan fingerprint density at radius 2 is 2.14 bits per heavy atom. The van der Waals surface area contributed by atoms with Crippen LogP contribution in [0.4, 0.5) is 0 Å². The van der Waals surface area contributed by atoms with Crippen molar-refractivity contribution in [3.63, 3.8) is 0 Å². The summed E-state index contributed by atoms with van der Waals surface area (Å²) in [5, 5.41) is 3.17. The molecule has 0 aliphatic carbocycles. The fraction of sp³-hybridized carbons (Fsp3) is 0.600. The summed E-state index contributed by atoms with van der Waals surface area (Å²) in [5.41, 5.74) is 2.53. The van der Waals surface area contributed by atoms with Gasteiger partial charge in [-0.15, -0.1) is 0 Å². The van der Waals surface area contributed by atoms with E-state index in [0.717, 1.165) is 37.2 Å². The number of amides is 2. The minimum Gasteiger partial charge on any atom is -0.384 e. The third kappa shape index (κ3) is 3.66. The number of aromatic nitrogens is 3. The molecule has 2 aromatic rings. The first-order chi connectivity index (χ1) is 14.0. The van der Waals surface area contributed by atoms with Gasteiger partial charge in [0.05, 0.1) is 42.6 Å². The van der Waals surface area contributed by atoms with Gasteiger partial charge in [0, 0.05) is 39.6 Å². The average molecular weight is 401 g/mol. The molecule has 2 amide bonds. The first kappa shape index (κ1) is 19.6. The molecule has 1 fully saturated rings. The van der Waals surface area contributed by atoms with Gasteiger partial charge in [-0.1, -0.05) is 0 Å². The standard InChI is InChI=1S/C20H27N5O4/c1-13(26)24-8-4-3-5-17(24)16-11-18-21-15-6-9-23(19(27)7-10-29-2)12-14(15)20(28)25(18)22-16/h11,17,22H,3-10,12H2,1-2H3/t17-/m1/s1. The highest BCUT2D eigenvalue weighted by Crippen LogP contribution is 2.30. The average Bonchev–Trinajstić information content (AvgIpc) is 3.16. The van der Waals surface area contributed by atoms with E-state index in [9.17, 15) is 14.4 Å². The van der Waals surface area contributed by atoms with E-state index in [1.807, 2.05) is 11.0 Å². The van der Waals surface area contributed by atoms with E-state index in [4.69, 9.17) is 4.74 Å². The summed E-state index contributed by atoms with van der Waals surface area (Å²) in [4.78, 5) is 45.7. The van der Waals surface area contributed by atoms with Crippen molar-refractivity contribution in [1.82, 2.24) is 24.4 Å². The lowest BCUT2D eigenvalue weighted by atomic mass is 9.99. The number of carbonyl (C=O) groups excluding carboxylic acids is 2. The Kier molecular flexibility index (Phi) is 5.40. The van der Waals surface area contributed by atoms with Crippen molar-refractivity contribution < 1.29 is 14.3 Å². The lowest BCUT2D eigenvalue weighted by Crippen LogP contribution is -2.40. The zero-order valence-corrected chi connectivity index (χ0v) is 16.9. The van der Waals surface area contributed by atoms with Crippen LogP contribution in [0.15, 0.2) is 10.9 Å². The molecule has 1 saturated heterocycles. The molecule has 0 unspecified atom stereocenters. The molecule has 0 aromatic carbocycles. The van der Waals surface area contributed by atoms with Gasteiger partial charge in [-0.2, -0.15) is 0 Å². The molecule has 29 heavy (non-hydrogen) atoms. The van der Waals surface area contributed by atoms with Gasteiger partial charge in [0.2, 0.25) is 11.8 Å². The molecule has 2 aliphatic rings. The monoisotopic (exact) mass is 401 g/mol. The second kappa shape index (κ2) is 7.98. The zero-order chi connectivity index (χ0) is 20.5.